The molecule has 1 aromatic rings. The Morgan fingerprint density at radius 3 is 2.68 bits per heavy atom. The molecule has 1 atom stereocenters. The first-order valence-electron chi connectivity index (χ1n) is 6.18. The molecule has 0 saturated carbocycles. The predicted molar refractivity (Wildman–Crippen MR) is 77.8 cm³/mol. The van der Waals surface area contributed by atoms with E-state index in [0.717, 1.165) is 5.56 Å². The monoisotopic (exact) mass is 299 g/mol. The Labute approximate surface area is 117 Å². The molecule has 0 bridgehead atoms. The molecule has 0 radical (unpaired) electrons. The molecule has 1 aliphatic heterocycles. The van der Waals surface area contributed by atoms with Gasteiger partial charge >= 0.3 is 0 Å². The molecule has 0 unspecified atom stereocenters. The van der Waals surface area contributed by atoms with Gasteiger partial charge < -0.3 is 5.32 Å². The third kappa shape index (κ3) is 4.87. The Balaban J connectivity index is 1.68. The van der Waals surface area contributed by atoms with Gasteiger partial charge in [-0.05, 0) is 12.0 Å². The number of carbonyl (C=O) groups is 1. The summed E-state index contributed by atoms with van der Waals surface area (Å²) in [6.07, 6.45) is 0.666. The topological polar surface area (TPSA) is 63.2 Å². The van der Waals surface area contributed by atoms with Gasteiger partial charge in [0.15, 0.2) is 9.84 Å². The molecular formula is C13H17NO3S2. The van der Waals surface area contributed by atoms with Crippen molar-refractivity contribution >= 4 is 27.5 Å². The fourth-order valence-corrected chi connectivity index (χ4v) is 5.41. The van der Waals surface area contributed by atoms with Gasteiger partial charge in [-0.1, -0.05) is 30.3 Å². The van der Waals surface area contributed by atoms with Crippen molar-refractivity contribution in [2.45, 2.75) is 18.2 Å². The van der Waals surface area contributed by atoms with Gasteiger partial charge in [0.2, 0.25) is 5.91 Å². The summed E-state index contributed by atoms with van der Waals surface area (Å²) < 4.78 is 22.6. The maximum absolute atomic E-state index is 11.7. The van der Waals surface area contributed by atoms with Gasteiger partial charge in [-0.25, -0.2) is 8.42 Å². The Hall–Kier alpha value is -1.01. The summed E-state index contributed by atoms with van der Waals surface area (Å²) in [5, 5.41) is 2.91. The van der Waals surface area contributed by atoms with E-state index >= 15 is 0 Å². The van der Waals surface area contributed by atoms with Gasteiger partial charge in [0.25, 0.3) is 0 Å². The summed E-state index contributed by atoms with van der Waals surface area (Å²) in [6.45, 7) is 0.517. The summed E-state index contributed by atoms with van der Waals surface area (Å²) in [5.74, 6) is 0.755. The van der Waals surface area contributed by atoms with Crippen LogP contribution in [-0.2, 0) is 21.2 Å². The van der Waals surface area contributed by atoms with Crippen molar-refractivity contribution in [2.75, 3.05) is 17.3 Å². The SMILES string of the molecule is O=C(CS[C@@H]1CCS(=O)(=O)C1)NCc1ccccc1. The number of amides is 1. The first kappa shape index (κ1) is 14.4. The minimum absolute atomic E-state index is 0.0434. The lowest BCUT2D eigenvalue weighted by molar-refractivity contribution is -0.118. The van der Waals surface area contributed by atoms with E-state index in [2.05, 4.69) is 5.32 Å². The molecule has 1 aromatic carbocycles. The molecule has 19 heavy (non-hydrogen) atoms. The van der Waals surface area contributed by atoms with Crippen LogP contribution in [0.4, 0.5) is 0 Å². The number of thioether (sulfide) groups is 1. The lowest BCUT2D eigenvalue weighted by Gasteiger charge is -2.08. The average Bonchev–Trinajstić information content (AvgIpc) is 2.75. The van der Waals surface area contributed by atoms with Crippen LogP contribution in [0.15, 0.2) is 30.3 Å². The van der Waals surface area contributed by atoms with E-state index < -0.39 is 9.84 Å². The number of benzene rings is 1. The minimum Gasteiger partial charge on any atom is -0.351 e. The van der Waals surface area contributed by atoms with Crippen molar-refractivity contribution in [1.82, 2.24) is 5.32 Å². The van der Waals surface area contributed by atoms with Crippen molar-refractivity contribution in [1.29, 1.82) is 0 Å². The first-order valence-corrected chi connectivity index (χ1v) is 9.05. The lowest BCUT2D eigenvalue weighted by Crippen LogP contribution is -2.25. The van der Waals surface area contributed by atoms with Crippen molar-refractivity contribution in [2.24, 2.45) is 0 Å². The normalized spacial score (nSPS) is 21.2. The fourth-order valence-electron chi connectivity index (χ4n) is 1.93. The highest BCUT2D eigenvalue weighted by molar-refractivity contribution is 8.02. The molecule has 1 amide bonds. The first-order chi connectivity index (χ1) is 9.05. The van der Waals surface area contributed by atoms with Gasteiger partial charge in [0.1, 0.15) is 0 Å². The summed E-state index contributed by atoms with van der Waals surface area (Å²) in [4.78, 5) is 11.7. The zero-order chi connectivity index (χ0) is 13.7. The average molecular weight is 299 g/mol. The molecule has 0 aromatic heterocycles. The highest BCUT2D eigenvalue weighted by atomic mass is 32.2. The molecule has 1 aliphatic rings. The smallest absolute Gasteiger partial charge is 0.230 e. The quantitative estimate of drug-likeness (QED) is 0.888. The van der Waals surface area contributed by atoms with Crippen LogP contribution in [0.1, 0.15) is 12.0 Å². The van der Waals surface area contributed by atoms with Crippen molar-refractivity contribution in [3.63, 3.8) is 0 Å². The van der Waals surface area contributed by atoms with Crippen molar-refractivity contribution in [3.05, 3.63) is 35.9 Å². The van der Waals surface area contributed by atoms with Crippen LogP contribution in [0.25, 0.3) is 0 Å². The summed E-state index contributed by atoms with van der Waals surface area (Å²) in [5.41, 5.74) is 1.06. The zero-order valence-electron chi connectivity index (χ0n) is 10.5. The van der Waals surface area contributed by atoms with Gasteiger partial charge in [-0.2, -0.15) is 0 Å². The van der Waals surface area contributed by atoms with Gasteiger partial charge in [-0.15, -0.1) is 11.8 Å². The summed E-state index contributed by atoms with van der Waals surface area (Å²) in [6, 6.07) is 9.70. The Bertz CT molecular complexity index is 528. The van der Waals surface area contributed by atoms with Crippen LogP contribution in [0.5, 0.6) is 0 Å². The molecule has 1 heterocycles. The third-order valence-electron chi connectivity index (χ3n) is 2.97. The third-order valence-corrected chi connectivity index (χ3v) is 6.25. The zero-order valence-corrected chi connectivity index (χ0v) is 12.2. The molecule has 4 nitrogen and oxygen atoms in total. The summed E-state index contributed by atoms with van der Waals surface area (Å²) >= 11 is 1.44. The summed E-state index contributed by atoms with van der Waals surface area (Å²) in [7, 11) is -2.85. The van der Waals surface area contributed by atoms with Crippen LogP contribution < -0.4 is 5.32 Å². The van der Waals surface area contributed by atoms with Crippen LogP contribution in [0.2, 0.25) is 0 Å². The second kappa shape index (κ2) is 6.43. The second-order valence-corrected chi connectivity index (χ2v) is 8.12. The number of hydrogen-bond donors (Lipinski definition) is 1. The molecule has 1 saturated heterocycles. The van der Waals surface area contributed by atoms with Crippen molar-refractivity contribution < 1.29 is 13.2 Å². The van der Waals surface area contributed by atoms with E-state index in [1.807, 2.05) is 30.3 Å². The fraction of sp³-hybridized carbons (Fsp3) is 0.462. The Kier molecular flexibility index (Phi) is 4.87. The van der Waals surface area contributed by atoms with Gasteiger partial charge in [-0.3, -0.25) is 4.79 Å². The molecule has 0 spiro atoms. The van der Waals surface area contributed by atoms with E-state index in [0.29, 0.717) is 18.7 Å². The second-order valence-electron chi connectivity index (χ2n) is 4.60. The van der Waals surface area contributed by atoms with Crippen LogP contribution in [-0.4, -0.2) is 36.8 Å². The van der Waals surface area contributed by atoms with Gasteiger partial charge in [0, 0.05) is 11.8 Å². The molecule has 1 N–H and O–H groups in total. The molecule has 2 rings (SSSR count). The minimum atomic E-state index is -2.85. The number of hydrogen-bond acceptors (Lipinski definition) is 4. The predicted octanol–water partition coefficient (Wildman–Crippen LogP) is 1.22. The lowest BCUT2D eigenvalue weighted by atomic mass is 10.2. The maximum atomic E-state index is 11.7. The van der Waals surface area contributed by atoms with Gasteiger partial charge in [0.05, 0.1) is 17.3 Å². The van der Waals surface area contributed by atoms with Crippen LogP contribution in [0, 0.1) is 0 Å². The Morgan fingerprint density at radius 1 is 1.32 bits per heavy atom. The Morgan fingerprint density at radius 2 is 2.05 bits per heavy atom. The molecular weight excluding hydrogens is 282 g/mol. The standard InChI is InChI=1S/C13H17NO3S2/c15-13(14-8-11-4-2-1-3-5-11)9-18-12-6-7-19(16,17)10-12/h1-5,12H,6-10H2,(H,14,15)/t12-/m1/s1. The van der Waals surface area contributed by atoms with Crippen LogP contribution in [0.3, 0.4) is 0 Å². The molecule has 104 valence electrons. The highest BCUT2D eigenvalue weighted by Crippen LogP contribution is 2.23. The highest BCUT2D eigenvalue weighted by Gasteiger charge is 2.28. The number of rotatable bonds is 5. The van der Waals surface area contributed by atoms with E-state index in [4.69, 9.17) is 0 Å². The van der Waals surface area contributed by atoms with Crippen molar-refractivity contribution in [3.8, 4) is 0 Å². The van der Waals surface area contributed by atoms with Crippen LogP contribution >= 0.6 is 11.8 Å². The van der Waals surface area contributed by atoms with E-state index in [1.54, 1.807) is 0 Å². The number of nitrogens with one attached hydrogen (secondary N) is 1. The number of sulfone groups is 1. The maximum Gasteiger partial charge on any atom is 0.230 e. The molecule has 6 heteroatoms. The largest absolute Gasteiger partial charge is 0.351 e. The molecule has 1 fully saturated rings. The van der Waals surface area contributed by atoms with E-state index in [-0.39, 0.29) is 22.7 Å². The molecule has 0 aliphatic carbocycles. The van der Waals surface area contributed by atoms with E-state index in [9.17, 15) is 13.2 Å². The van der Waals surface area contributed by atoms with E-state index in [1.165, 1.54) is 11.8 Å². The number of carbonyl (C=O) groups excluding carboxylic acids is 1.